The topological polar surface area (TPSA) is 20.2 Å². The van der Waals surface area contributed by atoms with E-state index in [1.165, 1.54) is 5.54 Å². The quantitative estimate of drug-likeness (QED) is 0.756. The van der Waals surface area contributed by atoms with Crippen molar-refractivity contribution in [1.82, 2.24) is 0 Å². The molecule has 0 bridgehead atoms. The second kappa shape index (κ2) is 5.12. The van der Waals surface area contributed by atoms with Crippen LogP contribution in [0.5, 0.6) is 5.75 Å². The lowest BCUT2D eigenvalue weighted by atomic mass is 10.3. The van der Waals surface area contributed by atoms with Gasteiger partial charge in [-0.3, -0.25) is 0 Å². The van der Waals surface area contributed by atoms with Crippen LogP contribution in [-0.4, -0.2) is 10.9 Å². The number of halogens is 1. The molecular formula is C9H9ClOS. The third-order valence-corrected chi connectivity index (χ3v) is 2.38. The van der Waals surface area contributed by atoms with E-state index in [0.29, 0.717) is 5.75 Å². The van der Waals surface area contributed by atoms with Gasteiger partial charge in [-0.05, 0) is 18.2 Å². The molecule has 0 heterocycles. The highest BCUT2D eigenvalue weighted by atomic mass is 35.5. The number of phenols is 1. The van der Waals surface area contributed by atoms with E-state index in [2.05, 4.69) is 0 Å². The number of hydrogen-bond acceptors (Lipinski definition) is 2. The Morgan fingerprint density at radius 3 is 3.00 bits per heavy atom. The molecule has 0 aromatic heterocycles. The Kier molecular flexibility index (Phi) is 4.05. The van der Waals surface area contributed by atoms with Crippen LogP contribution in [0.25, 0.3) is 0 Å². The summed E-state index contributed by atoms with van der Waals surface area (Å²) >= 11 is 6.98. The van der Waals surface area contributed by atoms with Crippen LogP contribution < -0.4 is 0 Å². The Labute approximate surface area is 81.1 Å². The minimum Gasteiger partial charge on any atom is -0.508 e. The zero-order valence-electron chi connectivity index (χ0n) is 6.40. The van der Waals surface area contributed by atoms with Gasteiger partial charge >= 0.3 is 0 Å². The molecule has 0 atom stereocenters. The summed E-state index contributed by atoms with van der Waals surface area (Å²) in [5, 5.41) is 9.11. The third-order valence-electron chi connectivity index (χ3n) is 1.25. The van der Waals surface area contributed by atoms with Gasteiger partial charge in [-0.15, -0.1) is 11.8 Å². The highest BCUT2D eigenvalue weighted by molar-refractivity contribution is 7.99. The molecule has 1 rings (SSSR count). The van der Waals surface area contributed by atoms with Crippen molar-refractivity contribution in [2.75, 3.05) is 5.75 Å². The smallest absolute Gasteiger partial charge is 0.116 e. The molecular weight excluding hydrogens is 192 g/mol. The van der Waals surface area contributed by atoms with Gasteiger partial charge in [0.05, 0.1) is 0 Å². The summed E-state index contributed by atoms with van der Waals surface area (Å²) in [7, 11) is 0. The predicted molar refractivity (Wildman–Crippen MR) is 53.8 cm³/mol. The first-order valence-electron chi connectivity index (χ1n) is 3.50. The van der Waals surface area contributed by atoms with Crippen molar-refractivity contribution in [2.24, 2.45) is 0 Å². The molecule has 0 aliphatic heterocycles. The first-order valence-corrected chi connectivity index (χ1v) is 4.92. The lowest BCUT2D eigenvalue weighted by Gasteiger charge is -1.97. The Hall–Kier alpha value is -0.600. The minimum atomic E-state index is 0.301. The second-order valence-electron chi connectivity index (χ2n) is 2.17. The van der Waals surface area contributed by atoms with Crippen LogP contribution in [-0.2, 0) is 0 Å². The number of hydrogen-bond donors (Lipinski definition) is 1. The molecule has 0 unspecified atom stereocenters. The molecule has 0 radical (unpaired) electrons. The summed E-state index contributed by atoms with van der Waals surface area (Å²) < 4.78 is 0. The zero-order valence-corrected chi connectivity index (χ0v) is 7.98. The van der Waals surface area contributed by atoms with E-state index < -0.39 is 0 Å². The van der Waals surface area contributed by atoms with Gasteiger partial charge in [-0.2, -0.15) is 0 Å². The highest BCUT2D eigenvalue weighted by Gasteiger charge is 1.92. The Morgan fingerprint density at radius 2 is 2.33 bits per heavy atom. The van der Waals surface area contributed by atoms with Crippen molar-refractivity contribution in [3.63, 3.8) is 0 Å². The van der Waals surface area contributed by atoms with E-state index in [4.69, 9.17) is 16.7 Å². The predicted octanol–water partition coefficient (Wildman–Crippen LogP) is 3.24. The number of thioether (sulfide) groups is 1. The van der Waals surface area contributed by atoms with Crippen molar-refractivity contribution in [3.8, 4) is 5.75 Å². The van der Waals surface area contributed by atoms with Gasteiger partial charge in [0.25, 0.3) is 0 Å². The molecule has 0 saturated heterocycles. The van der Waals surface area contributed by atoms with Gasteiger partial charge in [0.2, 0.25) is 0 Å². The molecule has 0 fully saturated rings. The van der Waals surface area contributed by atoms with Crippen LogP contribution in [0.15, 0.2) is 40.8 Å². The van der Waals surface area contributed by atoms with Crippen molar-refractivity contribution in [2.45, 2.75) is 4.90 Å². The molecule has 64 valence electrons. The summed E-state index contributed by atoms with van der Waals surface area (Å²) in [5.74, 6) is 1.13. The van der Waals surface area contributed by atoms with E-state index in [9.17, 15) is 0 Å². The first-order chi connectivity index (χ1) is 5.83. The molecule has 1 N–H and O–H groups in total. The van der Waals surface area contributed by atoms with Crippen LogP contribution in [0.2, 0.25) is 0 Å². The summed E-state index contributed by atoms with van der Waals surface area (Å²) in [4.78, 5) is 1.05. The summed E-state index contributed by atoms with van der Waals surface area (Å²) in [6.45, 7) is 0. The SMILES string of the molecule is Oc1cccc(SC/C=C/Cl)c1. The fourth-order valence-corrected chi connectivity index (χ4v) is 1.71. The highest BCUT2D eigenvalue weighted by Crippen LogP contribution is 2.21. The van der Waals surface area contributed by atoms with Crippen LogP contribution in [0, 0.1) is 0 Å². The maximum Gasteiger partial charge on any atom is 0.116 e. The van der Waals surface area contributed by atoms with E-state index in [1.807, 2.05) is 18.2 Å². The number of phenolic OH excluding ortho intramolecular Hbond substituents is 1. The number of benzene rings is 1. The van der Waals surface area contributed by atoms with Crippen LogP contribution >= 0.6 is 23.4 Å². The van der Waals surface area contributed by atoms with Crippen LogP contribution in [0.1, 0.15) is 0 Å². The fraction of sp³-hybridized carbons (Fsp3) is 0.111. The second-order valence-corrected chi connectivity index (χ2v) is 3.52. The molecule has 0 aliphatic rings. The molecule has 0 amide bonds. The van der Waals surface area contributed by atoms with Crippen LogP contribution in [0.3, 0.4) is 0 Å². The molecule has 1 aromatic rings. The molecule has 0 saturated carbocycles. The Morgan fingerprint density at radius 1 is 1.50 bits per heavy atom. The minimum absolute atomic E-state index is 0.301. The van der Waals surface area contributed by atoms with Gasteiger partial charge in [0.15, 0.2) is 0 Å². The largest absolute Gasteiger partial charge is 0.508 e. The van der Waals surface area contributed by atoms with Gasteiger partial charge in [0.1, 0.15) is 5.75 Å². The van der Waals surface area contributed by atoms with Gasteiger partial charge < -0.3 is 5.11 Å². The Bertz CT molecular complexity index is 273. The molecule has 12 heavy (non-hydrogen) atoms. The zero-order chi connectivity index (χ0) is 8.81. The van der Waals surface area contributed by atoms with Gasteiger partial charge in [-0.1, -0.05) is 23.7 Å². The van der Waals surface area contributed by atoms with Crippen molar-refractivity contribution < 1.29 is 5.11 Å². The third kappa shape index (κ3) is 3.20. The molecule has 0 spiro atoms. The molecule has 1 aromatic carbocycles. The molecule has 0 aliphatic carbocycles. The van der Waals surface area contributed by atoms with E-state index >= 15 is 0 Å². The van der Waals surface area contributed by atoms with Crippen molar-refractivity contribution in [3.05, 3.63) is 35.9 Å². The lowest BCUT2D eigenvalue weighted by molar-refractivity contribution is 0.474. The average molecular weight is 201 g/mol. The first kappa shape index (κ1) is 9.49. The molecule has 3 heteroatoms. The van der Waals surface area contributed by atoms with Gasteiger partial charge in [0, 0.05) is 16.2 Å². The van der Waals surface area contributed by atoms with E-state index in [0.717, 1.165) is 10.6 Å². The fourth-order valence-electron chi connectivity index (χ4n) is 0.754. The monoisotopic (exact) mass is 200 g/mol. The standard InChI is InChI=1S/C9H9ClOS/c10-5-2-6-12-9-4-1-3-8(11)7-9/h1-5,7,11H,6H2/b5-2+. The summed E-state index contributed by atoms with van der Waals surface area (Å²) in [6, 6.07) is 7.16. The van der Waals surface area contributed by atoms with Crippen molar-refractivity contribution in [1.29, 1.82) is 0 Å². The maximum atomic E-state index is 9.11. The average Bonchev–Trinajstić information content (AvgIpc) is 2.05. The summed E-state index contributed by atoms with van der Waals surface area (Å²) in [5.41, 5.74) is 1.50. The molecule has 1 nitrogen and oxygen atoms in total. The maximum absolute atomic E-state index is 9.11. The summed E-state index contributed by atoms with van der Waals surface area (Å²) in [6.07, 6.45) is 1.86. The van der Waals surface area contributed by atoms with Crippen molar-refractivity contribution >= 4 is 23.4 Å². The lowest BCUT2D eigenvalue weighted by Crippen LogP contribution is -1.72. The normalized spacial score (nSPS) is 10.8. The van der Waals surface area contributed by atoms with Gasteiger partial charge in [-0.25, -0.2) is 0 Å². The Balaban J connectivity index is 2.52. The number of aromatic hydroxyl groups is 1. The van der Waals surface area contributed by atoms with E-state index in [-0.39, 0.29) is 0 Å². The van der Waals surface area contributed by atoms with Crippen LogP contribution in [0.4, 0.5) is 0 Å². The van der Waals surface area contributed by atoms with E-state index in [1.54, 1.807) is 23.9 Å². The number of rotatable bonds is 3.